The molecule has 6 heteroatoms. The highest BCUT2D eigenvalue weighted by Crippen LogP contribution is 2.27. The van der Waals surface area contributed by atoms with Crippen LogP contribution in [0.5, 0.6) is 5.75 Å². The zero-order valence-corrected chi connectivity index (χ0v) is 9.62. The number of hydrogen-bond acceptors (Lipinski definition) is 5. The fourth-order valence-corrected chi connectivity index (χ4v) is 1.49. The van der Waals surface area contributed by atoms with Crippen molar-refractivity contribution in [2.24, 2.45) is 0 Å². The summed E-state index contributed by atoms with van der Waals surface area (Å²) in [5.41, 5.74) is 1.36. The second-order valence-electron chi connectivity index (χ2n) is 3.80. The SMILES string of the molecule is Cc1ccc(O)c(Nc2cc([N+](=O)[O-])ccn2)c1. The van der Waals surface area contributed by atoms with Gasteiger partial charge >= 0.3 is 0 Å². The number of aromatic nitrogens is 1. The molecule has 18 heavy (non-hydrogen) atoms. The van der Waals surface area contributed by atoms with Crippen molar-refractivity contribution in [2.45, 2.75) is 6.92 Å². The molecule has 0 aliphatic heterocycles. The van der Waals surface area contributed by atoms with Crippen molar-refractivity contribution in [1.29, 1.82) is 0 Å². The van der Waals surface area contributed by atoms with Crippen LogP contribution in [0.3, 0.4) is 0 Å². The van der Waals surface area contributed by atoms with Crippen LogP contribution in [0, 0.1) is 17.0 Å². The van der Waals surface area contributed by atoms with Gasteiger partial charge in [-0.3, -0.25) is 10.1 Å². The van der Waals surface area contributed by atoms with Gasteiger partial charge in [0.05, 0.1) is 16.7 Å². The minimum absolute atomic E-state index is 0.0559. The topological polar surface area (TPSA) is 88.3 Å². The van der Waals surface area contributed by atoms with Gasteiger partial charge < -0.3 is 10.4 Å². The van der Waals surface area contributed by atoms with Crippen molar-refractivity contribution in [1.82, 2.24) is 4.98 Å². The lowest BCUT2D eigenvalue weighted by molar-refractivity contribution is -0.384. The maximum absolute atomic E-state index is 10.6. The molecular weight excluding hydrogens is 234 g/mol. The molecule has 0 aliphatic carbocycles. The Morgan fingerprint density at radius 1 is 1.33 bits per heavy atom. The molecule has 1 aromatic carbocycles. The van der Waals surface area contributed by atoms with E-state index in [9.17, 15) is 15.2 Å². The van der Waals surface area contributed by atoms with Gasteiger partial charge in [0.25, 0.3) is 5.69 Å². The Morgan fingerprint density at radius 2 is 2.11 bits per heavy atom. The van der Waals surface area contributed by atoms with Crippen molar-refractivity contribution in [2.75, 3.05) is 5.32 Å². The maximum Gasteiger partial charge on any atom is 0.274 e. The minimum atomic E-state index is -0.497. The molecule has 0 atom stereocenters. The first-order valence-electron chi connectivity index (χ1n) is 5.23. The average molecular weight is 245 g/mol. The van der Waals surface area contributed by atoms with Gasteiger partial charge in [-0.15, -0.1) is 0 Å². The number of benzene rings is 1. The van der Waals surface area contributed by atoms with E-state index < -0.39 is 4.92 Å². The van der Waals surface area contributed by atoms with Crippen molar-refractivity contribution in [3.63, 3.8) is 0 Å². The highest BCUT2D eigenvalue weighted by molar-refractivity contribution is 5.65. The van der Waals surface area contributed by atoms with E-state index in [1.807, 2.05) is 6.92 Å². The van der Waals surface area contributed by atoms with Crippen molar-refractivity contribution in [3.05, 3.63) is 52.2 Å². The second kappa shape index (κ2) is 4.70. The molecular formula is C12H11N3O3. The predicted molar refractivity (Wildman–Crippen MR) is 67.0 cm³/mol. The summed E-state index contributed by atoms with van der Waals surface area (Å²) in [6.45, 7) is 1.88. The number of pyridine rings is 1. The number of anilines is 2. The summed E-state index contributed by atoms with van der Waals surface area (Å²) >= 11 is 0. The smallest absolute Gasteiger partial charge is 0.274 e. The molecule has 0 amide bonds. The van der Waals surface area contributed by atoms with E-state index in [1.165, 1.54) is 18.3 Å². The first-order valence-corrected chi connectivity index (χ1v) is 5.23. The predicted octanol–water partition coefficient (Wildman–Crippen LogP) is 2.75. The molecule has 1 heterocycles. The highest BCUT2D eigenvalue weighted by atomic mass is 16.6. The first-order chi connectivity index (χ1) is 8.56. The molecule has 0 spiro atoms. The molecule has 1 aromatic heterocycles. The van der Waals surface area contributed by atoms with Crippen molar-refractivity contribution < 1.29 is 10.0 Å². The summed E-state index contributed by atoms with van der Waals surface area (Å²) in [6, 6.07) is 7.66. The number of phenols is 1. The molecule has 2 rings (SSSR count). The third-order valence-corrected chi connectivity index (χ3v) is 2.37. The minimum Gasteiger partial charge on any atom is -0.506 e. The molecule has 2 aromatic rings. The molecule has 0 unspecified atom stereocenters. The number of phenolic OH excluding ortho intramolecular Hbond substituents is 1. The lowest BCUT2D eigenvalue weighted by atomic mass is 10.2. The van der Waals surface area contributed by atoms with Gasteiger partial charge in [0.1, 0.15) is 11.6 Å². The van der Waals surface area contributed by atoms with Crippen LogP contribution in [-0.2, 0) is 0 Å². The van der Waals surface area contributed by atoms with Crippen molar-refractivity contribution >= 4 is 17.2 Å². The number of nitrogens with one attached hydrogen (secondary N) is 1. The average Bonchev–Trinajstić information content (AvgIpc) is 2.34. The Hall–Kier alpha value is -2.63. The Bertz CT molecular complexity index is 599. The van der Waals surface area contributed by atoms with Crippen LogP contribution in [-0.4, -0.2) is 15.0 Å². The lowest BCUT2D eigenvalue weighted by Gasteiger charge is -2.08. The molecule has 92 valence electrons. The molecule has 0 saturated heterocycles. The van der Waals surface area contributed by atoms with Gasteiger partial charge in [0.15, 0.2) is 0 Å². The Labute approximate surface area is 103 Å². The summed E-state index contributed by atoms with van der Waals surface area (Å²) in [6.07, 6.45) is 1.34. The number of nitro groups is 1. The Balaban J connectivity index is 2.31. The quantitative estimate of drug-likeness (QED) is 0.493. The van der Waals surface area contributed by atoms with Gasteiger partial charge in [-0.05, 0) is 24.6 Å². The van der Waals surface area contributed by atoms with Gasteiger partial charge in [-0.1, -0.05) is 6.07 Å². The number of nitrogens with zero attached hydrogens (tertiary/aromatic N) is 2. The van der Waals surface area contributed by atoms with Crippen LogP contribution in [0.25, 0.3) is 0 Å². The van der Waals surface area contributed by atoms with Crippen LogP contribution in [0.15, 0.2) is 36.5 Å². The third-order valence-electron chi connectivity index (χ3n) is 2.37. The zero-order valence-electron chi connectivity index (χ0n) is 9.62. The summed E-state index contributed by atoms with van der Waals surface area (Å²) in [7, 11) is 0. The fourth-order valence-electron chi connectivity index (χ4n) is 1.49. The number of rotatable bonds is 3. The van der Waals surface area contributed by atoms with Gasteiger partial charge in [-0.25, -0.2) is 4.98 Å². The summed E-state index contributed by atoms with van der Waals surface area (Å²) in [5, 5.41) is 23.1. The maximum atomic E-state index is 10.6. The van der Waals surface area contributed by atoms with Gasteiger partial charge in [0, 0.05) is 12.3 Å². The lowest BCUT2D eigenvalue weighted by Crippen LogP contribution is -1.96. The molecule has 0 saturated carbocycles. The Kier molecular flexibility index (Phi) is 3.09. The van der Waals surface area contributed by atoms with E-state index in [-0.39, 0.29) is 11.4 Å². The molecule has 2 N–H and O–H groups in total. The van der Waals surface area contributed by atoms with E-state index in [2.05, 4.69) is 10.3 Å². The first kappa shape index (κ1) is 11.8. The van der Waals surface area contributed by atoms with E-state index in [0.29, 0.717) is 11.5 Å². The zero-order chi connectivity index (χ0) is 13.1. The van der Waals surface area contributed by atoms with Crippen LogP contribution < -0.4 is 5.32 Å². The third kappa shape index (κ3) is 2.54. The highest BCUT2D eigenvalue weighted by Gasteiger charge is 2.08. The van der Waals surface area contributed by atoms with Gasteiger partial charge in [-0.2, -0.15) is 0 Å². The molecule has 0 bridgehead atoms. The van der Waals surface area contributed by atoms with Crippen LogP contribution in [0.4, 0.5) is 17.2 Å². The normalized spacial score (nSPS) is 10.1. The summed E-state index contributed by atoms with van der Waals surface area (Å²) < 4.78 is 0. The standard InChI is InChI=1S/C12H11N3O3/c1-8-2-3-11(16)10(6-8)14-12-7-9(15(17)18)4-5-13-12/h2-7,16H,1H3,(H,13,14). The number of hydrogen-bond donors (Lipinski definition) is 2. The summed E-state index contributed by atoms with van der Waals surface area (Å²) in [4.78, 5) is 14.1. The van der Waals surface area contributed by atoms with Crippen LogP contribution in [0.2, 0.25) is 0 Å². The molecule has 0 aliphatic rings. The summed E-state index contributed by atoms with van der Waals surface area (Å²) in [5.74, 6) is 0.374. The second-order valence-corrected chi connectivity index (χ2v) is 3.80. The van der Waals surface area contributed by atoms with E-state index in [0.717, 1.165) is 5.56 Å². The molecule has 0 fully saturated rings. The number of aryl methyl sites for hydroxylation is 1. The van der Waals surface area contributed by atoms with E-state index in [4.69, 9.17) is 0 Å². The van der Waals surface area contributed by atoms with Crippen molar-refractivity contribution in [3.8, 4) is 5.75 Å². The van der Waals surface area contributed by atoms with E-state index >= 15 is 0 Å². The van der Waals surface area contributed by atoms with E-state index in [1.54, 1.807) is 18.2 Å². The van der Waals surface area contributed by atoms with Gasteiger partial charge in [0.2, 0.25) is 0 Å². The van der Waals surface area contributed by atoms with Crippen LogP contribution >= 0.6 is 0 Å². The van der Waals surface area contributed by atoms with Crippen LogP contribution in [0.1, 0.15) is 5.56 Å². The Morgan fingerprint density at radius 3 is 2.83 bits per heavy atom. The molecule has 6 nitrogen and oxygen atoms in total. The molecule has 0 radical (unpaired) electrons. The monoisotopic (exact) mass is 245 g/mol. The number of aromatic hydroxyl groups is 1. The largest absolute Gasteiger partial charge is 0.506 e. The fraction of sp³-hybridized carbons (Fsp3) is 0.0833.